The van der Waals surface area contributed by atoms with Crippen LogP contribution in [0.4, 0.5) is 0 Å². The van der Waals surface area contributed by atoms with Gasteiger partial charge >= 0.3 is 0 Å². The molecular formula is C12H7Cl2N3. The molecule has 84 valence electrons. The molecule has 2 aromatic heterocycles. The lowest BCUT2D eigenvalue weighted by molar-refractivity contribution is 1.11. The maximum atomic E-state index is 6.14. The maximum Gasteiger partial charge on any atom is 0.179 e. The van der Waals surface area contributed by atoms with E-state index in [2.05, 4.69) is 10.2 Å². The van der Waals surface area contributed by atoms with E-state index < -0.39 is 0 Å². The molecule has 0 N–H and O–H groups in total. The Morgan fingerprint density at radius 2 is 1.65 bits per heavy atom. The monoisotopic (exact) mass is 263 g/mol. The molecule has 3 nitrogen and oxygen atoms in total. The van der Waals surface area contributed by atoms with Gasteiger partial charge in [0.2, 0.25) is 0 Å². The molecule has 2 heterocycles. The van der Waals surface area contributed by atoms with Gasteiger partial charge in [-0.15, -0.1) is 10.2 Å². The first-order chi connectivity index (χ1) is 8.27. The summed E-state index contributed by atoms with van der Waals surface area (Å²) in [5, 5.41) is 9.40. The van der Waals surface area contributed by atoms with Gasteiger partial charge in [0.1, 0.15) is 0 Å². The van der Waals surface area contributed by atoms with Gasteiger partial charge in [0, 0.05) is 11.8 Å². The lowest BCUT2D eigenvalue weighted by Gasteiger charge is -2.02. The Labute approximate surface area is 108 Å². The van der Waals surface area contributed by atoms with Crippen LogP contribution in [-0.4, -0.2) is 14.6 Å². The Morgan fingerprint density at radius 3 is 2.47 bits per heavy atom. The number of nitrogens with zero attached hydrogens (tertiary/aromatic N) is 3. The molecule has 0 bridgehead atoms. The Kier molecular flexibility index (Phi) is 2.50. The van der Waals surface area contributed by atoms with Gasteiger partial charge in [-0.05, 0) is 24.3 Å². The minimum absolute atomic E-state index is 0.568. The topological polar surface area (TPSA) is 30.2 Å². The third-order valence-corrected chi connectivity index (χ3v) is 3.13. The molecule has 0 fully saturated rings. The first kappa shape index (κ1) is 10.6. The van der Waals surface area contributed by atoms with Gasteiger partial charge in [0.05, 0.1) is 10.0 Å². The molecule has 3 rings (SSSR count). The van der Waals surface area contributed by atoms with E-state index >= 15 is 0 Å². The third kappa shape index (κ3) is 1.68. The summed E-state index contributed by atoms with van der Waals surface area (Å²) in [6.07, 6.45) is 1.86. The van der Waals surface area contributed by atoms with E-state index in [9.17, 15) is 0 Å². The Bertz CT molecular complexity index is 691. The van der Waals surface area contributed by atoms with Crippen LogP contribution in [-0.2, 0) is 0 Å². The Morgan fingerprint density at radius 1 is 0.882 bits per heavy atom. The number of halogens is 2. The fourth-order valence-corrected chi connectivity index (χ4v) is 2.13. The van der Waals surface area contributed by atoms with Gasteiger partial charge in [-0.2, -0.15) is 0 Å². The number of rotatable bonds is 1. The number of hydrogen-bond acceptors (Lipinski definition) is 2. The summed E-state index contributed by atoms with van der Waals surface area (Å²) >= 11 is 12.2. The van der Waals surface area contributed by atoms with Crippen molar-refractivity contribution in [2.75, 3.05) is 0 Å². The highest BCUT2D eigenvalue weighted by molar-refractivity contribution is 6.34. The van der Waals surface area contributed by atoms with Crippen LogP contribution in [0.3, 0.4) is 0 Å². The molecule has 0 saturated carbocycles. The second-order valence-corrected chi connectivity index (χ2v) is 4.37. The van der Waals surface area contributed by atoms with E-state index in [1.807, 2.05) is 40.9 Å². The second-order valence-electron chi connectivity index (χ2n) is 3.55. The molecule has 17 heavy (non-hydrogen) atoms. The SMILES string of the molecule is Clc1ccccc1-c1nnc2c(Cl)cccn12. The van der Waals surface area contributed by atoms with Gasteiger partial charge in [0.25, 0.3) is 0 Å². The molecular weight excluding hydrogens is 257 g/mol. The van der Waals surface area contributed by atoms with E-state index in [1.54, 1.807) is 6.07 Å². The fourth-order valence-electron chi connectivity index (χ4n) is 1.71. The second kappa shape index (κ2) is 4.02. The van der Waals surface area contributed by atoms with Crippen molar-refractivity contribution in [1.82, 2.24) is 14.6 Å². The number of fused-ring (bicyclic) bond motifs is 1. The predicted molar refractivity (Wildman–Crippen MR) is 68.4 cm³/mol. The summed E-state index contributed by atoms with van der Waals surface area (Å²) in [6, 6.07) is 11.1. The molecule has 0 amide bonds. The number of hydrogen-bond donors (Lipinski definition) is 0. The van der Waals surface area contributed by atoms with Gasteiger partial charge in [-0.3, -0.25) is 4.40 Å². The van der Waals surface area contributed by atoms with E-state index in [0.29, 0.717) is 21.5 Å². The first-order valence-electron chi connectivity index (χ1n) is 5.01. The minimum atomic E-state index is 0.568. The van der Waals surface area contributed by atoms with Crippen molar-refractivity contribution < 1.29 is 0 Å². The molecule has 0 unspecified atom stereocenters. The molecule has 0 saturated heterocycles. The van der Waals surface area contributed by atoms with Crippen molar-refractivity contribution in [3.63, 3.8) is 0 Å². The van der Waals surface area contributed by atoms with E-state index in [-0.39, 0.29) is 0 Å². The minimum Gasteiger partial charge on any atom is -0.281 e. The van der Waals surface area contributed by atoms with Crippen molar-refractivity contribution in [1.29, 1.82) is 0 Å². The molecule has 0 spiro atoms. The third-order valence-electron chi connectivity index (χ3n) is 2.50. The predicted octanol–water partition coefficient (Wildman–Crippen LogP) is 3.70. The zero-order chi connectivity index (χ0) is 11.8. The number of benzene rings is 1. The van der Waals surface area contributed by atoms with Crippen LogP contribution >= 0.6 is 23.2 Å². The van der Waals surface area contributed by atoms with Crippen molar-refractivity contribution in [3.05, 3.63) is 52.6 Å². The molecule has 0 aliphatic heterocycles. The average Bonchev–Trinajstić information content (AvgIpc) is 2.75. The standard InChI is InChI=1S/C12H7Cl2N3/c13-9-5-2-1-4-8(9)11-15-16-12-10(14)6-3-7-17(11)12/h1-7H. The molecule has 0 atom stereocenters. The van der Waals surface area contributed by atoms with Crippen molar-refractivity contribution in [2.45, 2.75) is 0 Å². The van der Waals surface area contributed by atoms with E-state index in [0.717, 1.165) is 5.56 Å². The Balaban J connectivity index is 2.33. The van der Waals surface area contributed by atoms with Crippen LogP contribution in [0, 0.1) is 0 Å². The first-order valence-corrected chi connectivity index (χ1v) is 5.77. The van der Waals surface area contributed by atoms with Gasteiger partial charge in [-0.25, -0.2) is 0 Å². The largest absolute Gasteiger partial charge is 0.281 e. The van der Waals surface area contributed by atoms with Crippen molar-refractivity contribution >= 4 is 28.8 Å². The summed E-state index contributed by atoms with van der Waals surface area (Å²) < 4.78 is 1.82. The van der Waals surface area contributed by atoms with E-state index in [4.69, 9.17) is 23.2 Å². The van der Waals surface area contributed by atoms with E-state index in [1.165, 1.54) is 0 Å². The molecule has 0 aliphatic rings. The number of pyridine rings is 1. The van der Waals surface area contributed by atoms with Crippen LogP contribution in [0.1, 0.15) is 0 Å². The van der Waals surface area contributed by atoms with Crippen LogP contribution in [0.5, 0.6) is 0 Å². The van der Waals surface area contributed by atoms with Crippen LogP contribution in [0.15, 0.2) is 42.6 Å². The van der Waals surface area contributed by atoms with Crippen LogP contribution in [0.2, 0.25) is 10.0 Å². The summed E-state index contributed by atoms with van der Waals surface area (Å²) in [5.41, 5.74) is 1.47. The molecule has 5 heteroatoms. The molecule has 0 aliphatic carbocycles. The van der Waals surface area contributed by atoms with Crippen LogP contribution in [0.25, 0.3) is 17.0 Å². The summed E-state index contributed by atoms with van der Waals surface area (Å²) in [4.78, 5) is 0. The smallest absolute Gasteiger partial charge is 0.179 e. The molecule has 0 radical (unpaired) electrons. The van der Waals surface area contributed by atoms with Crippen molar-refractivity contribution in [3.8, 4) is 11.4 Å². The Hall–Kier alpha value is -1.58. The quantitative estimate of drug-likeness (QED) is 0.670. The lowest BCUT2D eigenvalue weighted by atomic mass is 10.2. The number of aromatic nitrogens is 3. The lowest BCUT2D eigenvalue weighted by Crippen LogP contribution is -1.89. The van der Waals surface area contributed by atoms with Crippen molar-refractivity contribution in [2.24, 2.45) is 0 Å². The average molecular weight is 264 g/mol. The highest BCUT2D eigenvalue weighted by Crippen LogP contribution is 2.27. The molecule has 1 aromatic carbocycles. The van der Waals surface area contributed by atoms with Gasteiger partial charge in [-0.1, -0.05) is 35.3 Å². The fraction of sp³-hybridized carbons (Fsp3) is 0. The highest BCUT2D eigenvalue weighted by atomic mass is 35.5. The summed E-state index contributed by atoms with van der Waals surface area (Å²) in [5.74, 6) is 0.688. The van der Waals surface area contributed by atoms with Gasteiger partial charge < -0.3 is 0 Å². The van der Waals surface area contributed by atoms with Crippen LogP contribution < -0.4 is 0 Å². The zero-order valence-corrected chi connectivity index (χ0v) is 10.2. The molecule has 3 aromatic rings. The highest BCUT2D eigenvalue weighted by Gasteiger charge is 2.11. The summed E-state index contributed by atoms with van der Waals surface area (Å²) in [6.45, 7) is 0. The summed E-state index contributed by atoms with van der Waals surface area (Å²) in [7, 11) is 0. The van der Waals surface area contributed by atoms with Gasteiger partial charge in [0.15, 0.2) is 11.5 Å². The normalized spacial score (nSPS) is 10.9. The maximum absolute atomic E-state index is 6.14. The zero-order valence-electron chi connectivity index (χ0n) is 8.64.